The van der Waals surface area contributed by atoms with Crippen molar-refractivity contribution in [3.05, 3.63) is 30.3 Å². The summed E-state index contributed by atoms with van der Waals surface area (Å²) in [6.45, 7) is 1.97. The fourth-order valence-electron chi connectivity index (χ4n) is 2.50. The first-order valence-electron chi connectivity index (χ1n) is 7.00. The molecule has 106 valence electrons. The van der Waals surface area contributed by atoms with Crippen LogP contribution in [0.25, 0.3) is 0 Å². The summed E-state index contributed by atoms with van der Waals surface area (Å²) < 4.78 is 0. The monoisotopic (exact) mass is 272 g/mol. The van der Waals surface area contributed by atoms with Crippen LogP contribution in [-0.4, -0.2) is 36.6 Å². The van der Waals surface area contributed by atoms with Gasteiger partial charge in [0.1, 0.15) is 0 Å². The van der Waals surface area contributed by atoms with Gasteiger partial charge < -0.3 is 10.6 Å². The minimum atomic E-state index is -0.196. The second-order valence-corrected chi connectivity index (χ2v) is 4.98. The molecule has 1 atom stereocenters. The predicted molar refractivity (Wildman–Crippen MR) is 78.3 cm³/mol. The Morgan fingerprint density at radius 3 is 2.90 bits per heavy atom. The van der Waals surface area contributed by atoms with Crippen molar-refractivity contribution in [3.63, 3.8) is 0 Å². The van der Waals surface area contributed by atoms with Crippen LogP contribution in [0.2, 0.25) is 0 Å². The number of benzene rings is 1. The maximum Gasteiger partial charge on any atom is 0.319 e. The first kappa shape index (κ1) is 14.4. The number of likely N-dealkylation sites (tertiary alicyclic amines) is 1. The number of rotatable bonds is 4. The van der Waals surface area contributed by atoms with Crippen LogP contribution in [0.5, 0.6) is 0 Å². The lowest BCUT2D eigenvalue weighted by Gasteiger charge is -2.33. The standard InChI is InChI=1S/C15H20N4O/c16-9-11-19-10-5-4-8-14(19)12-17-15(20)18-13-6-2-1-3-7-13/h1-3,6-7,14H,4-5,8,10-12H2,(H2,17,18,20). The number of carbonyl (C=O) groups excluding carboxylic acids is 1. The van der Waals surface area contributed by atoms with Crippen molar-refractivity contribution in [3.8, 4) is 6.07 Å². The van der Waals surface area contributed by atoms with E-state index >= 15 is 0 Å². The Hall–Kier alpha value is -2.06. The molecular formula is C15H20N4O. The summed E-state index contributed by atoms with van der Waals surface area (Å²) in [5, 5.41) is 14.5. The summed E-state index contributed by atoms with van der Waals surface area (Å²) >= 11 is 0. The third-order valence-electron chi connectivity index (χ3n) is 3.55. The molecule has 1 heterocycles. The fraction of sp³-hybridized carbons (Fsp3) is 0.467. The van der Waals surface area contributed by atoms with E-state index in [0.29, 0.717) is 13.1 Å². The van der Waals surface area contributed by atoms with Gasteiger partial charge in [-0.25, -0.2) is 4.79 Å². The van der Waals surface area contributed by atoms with Gasteiger partial charge in [0.05, 0.1) is 12.6 Å². The van der Waals surface area contributed by atoms with Gasteiger partial charge in [0.2, 0.25) is 0 Å². The largest absolute Gasteiger partial charge is 0.336 e. The zero-order chi connectivity index (χ0) is 14.2. The van der Waals surface area contributed by atoms with Gasteiger partial charge >= 0.3 is 6.03 Å². The number of nitriles is 1. The number of para-hydroxylation sites is 1. The Kier molecular flexibility index (Phi) is 5.39. The topological polar surface area (TPSA) is 68.2 Å². The van der Waals surface area contributed by atoms with Gasteiger partial charge in [0.25, 0.3) is 0 Å². The Morgan fingerprint density at radius 2 is 2.15 bits per heavy atom. The van der Waals surface area contributed by atoms with E-state index in [2.05, 4.69) is 21.6 Å². The third-order valence-corrected chi connectivity index (χ3v) is 3.55. The van der Waals surface area contributed by atoms with E-state index in [1.165, 1.54) is 0 Å². The molecule has 2 rings (SSSR count). The van der Waals surface area contributed by atoms with Crippen molar-refractivity contribution in [2.45, 2.75) is 25.3 Å². The highest BCUT2D eigenvalue weighted by molar-refractivity contribution is 5.89. The first-order valence-corrected chi connectivity index (χ1v) is 7.00. The van der Waals surface area contributed by atoms with Crippen LogP contribution in [0.3, 0.4) is 0 Å². The molecule has 1 aromatic rings. The molecule has 1 aliphatic rings. The van der Waals surface area contributed by atoms with Gasteiger partial charge in [0, 0.05) is 18.3 Å². The van der Waals surface area contributed by atoms with Crippen molar-refractivity contribution in [1.82, 2.24) is 10.2 Å². The number of hydrogen-bond donors (Lipinski definition) is 2. The quantitative estimate of drug-likeness (QED) is 0.826. The highest BCUT2D eigenvalue weighted by atomic mass is 16.2. The normalized spacial score (nSPS) is 19.1. The summed E-state index contributed by atoms with van der Waals surface area (Å²) in [6.07, 6.45) is 3.33. The molecule has 0 spiro atoms. The predicted octanol–water partition coefficient (Wildman–Crippen LogP) is 2.19. The van der Waals surface area contributed by atoms with E-state index in [1.54, 1.807) is 0 Å². The lowest BCUT2D eigenvalue weighted by Crippen LogP contribution is -2.47. The molecule has 0 aliphatic carbocycles. The Balaban J connectivity index is 1.78. The second-order valence-electron chi connectivity index (χ2n) is 4.98. The molecule has 5 nitrogen and oxygen atoms in total. The number of piperidine rings is 1. The molecule has 1 aromatic carbocycles. The molecule has 1 fully saturated rings. The number of carbonyl (C=O) groups is 1. The van der Waals surface area contributed by atoms with Crippen LogP contribution < -0.4 is 10.6 Å². The Bertz CT molecular complexity index is 469. The number of urea groups is 1. The molecule has 2 amide bonds. The number of nitrogens with zero attached hydrogens (tertiary/aromatic N) is 2. The summed E-state index contributed by atoms with van der Waals surface area (Å²) in [5.74, 6) is 0. The van der Waals surface area contributed by atoms with Crippen LogP contribution in [0.4, 0.5) is 10.5 Å². The molecule has 2 N–H and O–H groups in total. The highest BCUT2D eigenvalue weighted by Gasteiger charge is 2.22. The van der Waals surface area contributed by atoms with E-state index in [-0.39, 0.29) is 12.1 Å². The maximum absolute atomic E-state index is 11.8. The van der Waals surface area contributed by atoms with E-state index in [9.17, 15) is 4.79 Å². The number of anilines is 1. The first-order chi connectivity index (χ1) is 9.79. The SMILES string of the molecule is N#CCN1CCCCC1CNC(=O)Nc1ccccc1. The molecule has 1 unspecified atom stereocenters. The fourth-order valence-corrected chi connectivity index (χ4v) is 2.50. The van der Waals surface area contributed by atoms with Crippen molar-refractivity contribution in [2.24, 2.45) is 0 Å². The summed E-state index contributed by atoms with van der Waals surface area (Å²) in [4.78, 5) is 14.0. The molecule has 0 aromatic heterocycles. The van der Waals surface area contributed by atoms with Gasteiger partial charge in [0.15, 0.2) is 0 Å². The van der Waals surface area contributed by atoms with E-state index < -0.39 is 0 Å². The average Bonchev–Trinajstić information content (AvgIpc) is 2.48. The molecule has 0 bridgehead atoms. The van der Waals surface area contributed by atoms with Gasteiger partial charge in [-0.15, -0.1) is 0 Å². The zero-order valence-electron chi connectivity index (χ0n) is 11.5. The number of hydrogen-bond acceptors (Lipinski definition) is 3. The summed E-state index contributed by atoms with van der Waals surface area (Å²) in [5.41, 5.74) is 0.780. The Morgan fingerprint density at radius 1 is 1.35 bits per heavy atom. The summed E-state index contributed by atoms with van der Waals surface area (Å²) in [6, 6.07) is 11.6. The van der Waals surface area contributed by atoms with E-state index in [0.717, 1.165) is 31.5 Å². The van der Waals surface area contributed by atoms with E-state index in [4.69, 9.17) is 5.26 Å². The highest BCUT2D eigenvalue weighted by Crippen LogP contribution is 2.15. The number of nitrogens with one attached hydrogen (secondary N) is 2. The molecular weight excluding hydrogens is 252 g/mol. The zero-order valence-corrected chi connectivity index (χ0v) is 11.5. The van der Waals surface area contributed by atoms with E-state index in [1.807, 2.05) is 30.3 Å². The minimum Gasteiger partial charge on any atom is -0.336 e. The lowest BCUT2D eigenvalue weighted by atomic mass is 10.0. The average molecular weight is 272 g/mol. The van der Waals surface area contributed by atoms with Crippen molar-refractivity contribution in [2.75, 3.05) is 25.0 Å². The van der Waals surface area contributed by atoms with Crippen molar-refractivity contribution < 1.29 is 4.79 Å². The Labute approximate surface area is 119 Å². The minimum absolute atomic E-state index is 0.196. The lowest BCUT2D eigenvalue weighted by molar-refractivity contribution is 0.165. The van der Waals surface area contributed by atoms with Crippen LogP contribution in [0.15, 0.2) is 30.3 Å². The molecule has 0 radical (unpaired) electrons. The molecule has 20 heavy (non-hydrogen) atoms. The molecule has 0 saturated carbocycles. The molecule has 1 saturated heterocycles. The van der Waals surface area contributed by atoms with Gasteiger partial charge in [-0.2, -0.15) is 5.26 Å². The molecule has 5 heteroatoms. The number of amides is 2. The van der Waals surface area contributed by atoms with Crippen LogP contribution in [0, 0.1) is 11.3 Å². The third kappa shape index (κ3) is 4.25. The van der Waals surface area contributed by atoms with Crippen molar-refractivity contribution in [1.29, 1.82) is 5.26 Å². The van der Waals surface area contributed by atoms with Crippen LogP contribution in [0.1, 0.15) is 19.3 Å². The van der Waals surface area contributed by atoms with Crippen LogP contribution >= 0.6 is 0 Å². The second kappa shape index (κ2) is 7.51. The van der Waals surface area contributed by atoms with Gasteiger partial charge in [-0.1, -0.05) is 24.6 Å². The smallest absolute Gasteiger partial charge is 0.319 e. The molecule has 1 aliphatic heterocycles. The van der Waals surface area contributed by atoms with Crippen molar-refractivity contribution >= 4 is 11.7 Å². The summed E-state index contributed by atoms with van der Waals surface area (Å²) in [7, 11) is 0. The van der Waals surface area contributed by atoms with Crippen LogP contribution in [-0.2, 0) is 0 Å². The van der Waals surface area contributed by atoms with Gasteiger partial charge in [-0.05, 0) is 31.5 Å². The van der Waals surface area contributed by atoms with Gasteiger partial charge in [-0.3, -0.25) is 4.90 Å². The maximum atomic E-state index is 11.8.